The molecule has 0 saturated carbocycles. The molecular formula is C13H10BrClN6O2. The van der Waals surface area contributed by atoms with Gasteiger partial charge < -0.3 is 20.9 Å². The number of imidazole rings is 1. The van der Waals surface area contributed by atoms with E-state index in [0.717, 1.165) is 10.0 Å². The number of nitrogen functional groups attached to an aromatic ring is 2. The van der Waals surface area contributed by atoms with Gasteiger partial charge in [-0.2, -0.15) is 9.97 Å². The highest BCUT2D eigenvalue weighted by Crippen LogP contribution is 2.37. The van der Waals surface area contributed by atoms with E-state index in [1.165, 1.54) is 0 Å². The first-order valence-electron chi connectivity index (χ1n) is 6.55. The zero-order valence-electron chi connectivity index (χ0n) is 11.6. The molecule has 0 amide bonds. The molecule has 1 aliphatic heterocycles. The molecule has 1 aromatic carbocycles. The zero-order valence-corrected chi connectivity index (χ0v) is 13.9. The molecule has 118 valence electrons. The fourth-order valence-electron chi connectivity index (χ4n) is 2.41. The summed E-state index contributed by atoms with van der Waals surface area (Å²) in [5.41, 5.74) is 13.5. The highest BCUT2D eigenvalue weighted by atomic mass is 79.9. The van der Waals surface area contributed by atoms with Gasteiger partial charge in [0.15, 0.2) is 22.3 Å². The molecule has 0 spiro atoms. The normalized spacial score (nSPS) is 13.0. The third-order valence-electron chi connectivity index (χ3n) is 3.47. The van der Waals surface area contributed by atoms with E-state index in [-0.39, 0.29) is 23.8 Å². The van der Waals surface area contributed by atoms with Crippen molar-refractivity contribution in [3.8, 4) is 11.5 Å². The molecule has 0 atom stereocenters. The molecule has 0 unspecified atom stereocenters. The van der Waals surface area contributed by atoms with Crippen LogP contribution in [0.2, 0.25) is 5.15 Å². The maximum atomic E-state index is 6.05. The van der Waals surface area contributed by atoms with Crippen LogP contribution in [-0.4, -0.2) is 26.3 Å². The second kappa shape index (κ2) is 5.14. The van der Waals surface area contributed by atoms with Crippen molar-refractivity contribution in [2.24, 2.45) is 0 Å². The largest absolute Gasteiger partial charge is 0.454 e. The van der Waals surface area contributed by atoms with Crippen LogP contribution in [0.4, 0.5) is 11.9 Å². The highest BCUT2D eigenvalue weighted by molar-refractivity contribution is 9.10. The standard InChI is InChI=1S/C13H10BrClN6O2/c14-6-2-8-7(22-4-23-8)1-5(6)3-21-11-9(18-13(21)17)10(15)19-12(16)20-11/h1-2H,3-4H2,(H2,17,18)(H2,16,19,20). The van der Waals surface area contributed by atoms with Gasteiger partial charge in [0.1, 0.15) is 5.52 Å². The van der Waals surface area contributed by atoms with Crippen molar-refractivity contribution in [2.45, 2.75) is 6.54 Å². The summed E-state index contributed by atoms with van der Waals surface area (Å²) in [5, 5.41) is 0.169. The third kappa shape index (κ3) is 2.32. The van der Waals surface area contributed by atoms with Crippen molar-refractivity contribution in [1.82, 2.24) is 19.5 Å². The first-order valence-corrected chi connectivity index (χ1v) is 7.73. The summed E-state index contributed by atoms with van der Waals surface area (Å²) in [4.78, 5) is 12.3. The van der Waals surface area contributed by atoms with Gasteiger partial charge in [-0.05, 0) is 17.7 Å². The van der Waals surface area contributed by atoms with E-state index in [9.17, 15) is 0 Å². The number of halogens is 2. The van der Waals surface area contributed by atoms with E-state index < -0.39 is 0 Å². The first kappa shape index (κ1) is 14.3. The van der Waals surface area contributed by atoms with Crippen LogP contribution in [0.5, 0.6) is 11.5 Å². The van der Waals surface area contributed by atoms with Crippen molar-refractivity contribution in [2.75, 3.05) is 18.3 Å². The smallest absolute Gasteiger partial charge is 0.231 e. The molecule has 8 nitrogen and oxygen atoms in total. The SMILES string of the molecule is Nc1nc(Cl)c2nc(N)n(Cc3cc4c(cc3Br)OCO4)c2n1. The average Bonchev–Trinajstić information content (AvgIpc) is 3.05. The monoisotopic (exact) mass is 396 g/mol. The van der Waals surface area contributed by atoms with E-state index in [0.29, 0.717) is 29.2 Å². The summed E-state index contributed by atoms with van der Waals surface area (Å²) in [6.45, 7) is 0.618. The van der Waals surface area contributed by atoms with Gasteiger partial charge in [0.2, 0.25) is 18.7 Å². The van der Waals surface area contributed by atoms with Gasteiger partial charge in [-0.15, -0.1) is 0 Å². The highest BCUT2D eigenvalue weighted by Gasteiger charge is 2.19. The molecule has 4 rings (SSSR count). The average molecular weight is 398 g/mol. The summed E-state index contributed by atoms with van der Waals surface area (Å²) in [5.74, 6) is 1.71. The van der Waals surface area contributed by atoms with E-state index in [1.54, 1.807) is 4.57 Å². The van der Waals surface area contributed by atoms with Crippen LogP contribution in [0.25, 0.3) is 11.2 Å². The molecule has 0 saturated heterocycles. The number of nitrogens with two attached hydrogens (primary N) is 2. The maximum Gasteiger partial charge on any atom is 0.231 e. The fraction of sp³-hybridized carbons (Fsp3) is 0.154. The van der Waals surface area contributed by atoms with Crippen LogP contribution in [0.1, 0.15) is 5.56 Å². The summed E-state index contributed by atoms with van der Waals surface area (Å²) in [6, 6.07) is 3.73. The minimum Gasteiger partial charge on any atom is -0.454 e. The van der Waals surface area contributed by atoms with Crippen LogP contribution < -0.4 is 20.9 Å². The van der Waals surface area contributed by atoms with E-state index in [4.69, 9.17) is 32.5 Å². The van der Waals surface area contributed by atoms with E-state index >= 15 is 0 Å². The van der Waals surface area contributed by atoms with Gasteiger partial charge in [-0.25, -0.2) is 4.98 Å². The minimum atomic E-state index is 0.0633. The molecule has 4 N–H and O–H groups in total. The van der Waals surface area contributed by atoms with Crippen molar-refractivity contribution < 1.29 is 9.47 Å². The predicted molar refractivity (Wildman–Crippen MR) is 88.5 cm³/mol. The van der Waals surface area contributed by atoms with Crippen molar-refractivity contribution in [3.05, 3.63) is 27.3 Å². The van der Waals surface area contributed by atoms with Gasteiger partial charge in [0, 0.05) is 4.47 Å². The van der Waals surface area contributed by atoms with Gasteiger partial charge in [-0.1, -0.05) is 27.5 Å². The second-order valence-electron chi connectivity index (χ2n) is 4.90. The van der Waals surface area contributed by atoms with E-state index in [2.05, 4.69) is 30.9 Å². The van der Waals surface area contributed by atoms with Crippen LogP contribution >= 0.6 is 27.5 Å². The Hall–Kier alpha value is -2.26. The Morgan fingerprint density at radius 2 is 1.91 bits per heavy atom. The molecule has 3 heterocycles. The Morgan fingerprint density at radius 3 is 2.70 bits per heavy atom. The molecule has 2 aromatic heterocycles. The van der Waals surface area contributed by atoms with Crippen molar-refractivity contribution >= 4 is 50.6 Å². The number of fused-ring (bicyclic) bond motifs is 2. The molecule has 10 heteroatoms. The molecular weight excluding hydrogens is 388 g/mol. The number of nitrogens with zero attached hydrogens (tertiary/aromatic N) is 4. The number of ether oxygens (including phenoxy) is 2. The second-order valence-corrected chi connectivity index (χ2v) is 6.11. The Balaban J connectivity index is 1.83. The summed E-state index contributed by atoms with van der Waals surface area (Å²) in [6.07, 6.45) is 0. The summed E-state index contributed by atoms with van der Waals surface area (Å²) in [7, 11) is 0. The lowest BCUT2D eigenvalue weighted by Gasteiger charge is -2.09. The van der Waals surface area contributed by atoms with Crippen LogP contribution in [0.3, 0.4) is 0 Å². The molecule has 3 aromatic rings. The molecule has 0 bridgehead atoms. The lowest BCUT2D eigenvalue weighted by Crippen LogP contribution is -2.07. The number of aromatic nitrogens is 4. The predicted octanol–water partition coefficient (Wildman–Crippen LogP) is 2.18. The number of hydrogen-bond donors (Lipinski definition) is 2. The van der Waals surface area contributed by atoms with E-state index in [1.807, 2.05) is 12.1 Å². The van der Waals surface area contributed by atoms with Gasteiger partial charge in [-0.3, -0.25) is 4.57 Å². The topological polar surface area (TPSA) is 114 Å². The summed E-state index contributed by atoms with van der Waals surface area (Å²) >= 11 is 9.57. The first-order chi connectivity index (χ1) is 11.0. The van der Waals surface area contributed by atoms with Crippen LogP contribution in [-0.2, 0) is 6.54 Å². The zero-order chi connectivity index (χ0) is 16.1. The maximum absolute atomic E-state index is 6.05. The number of rotatable bonds is 2. The van der Waals surface area contributed by atoms with Crippen molar-refractivity contribution in [3.63, 3.8) is 0 Å². The minimum absolute atomic E-state index is 0.0633. The third-order valence-corrected chi connectivity index (χ3v) is 4.47. The lowest BCUT2D eigenvalue weighted by atomic mass is 10.2. The Kier molecular flexibility index (Phi) is 3.20. The van der Waals surface area contributed by atoms with Gasteiger partial charge >= 0.3 is 0 Å². The Bertz CT molecular complexity index is 944. The number of anilines is 2. The lowest BCUT2D eigenvalue weighted by molar-refractivity contribution is 0.174. The Morgan fingerprint density at radius 1 is 1.17 bits per heavy atom. The van der Waals surface area contributed by atoms with Crippen LogP contribution in [0, 0.1) is 0 Å². The molecule has 0 fully saturated rings. The van der Waals surface area contributed by atoms with Crippen LogP contribution in [0.15, 0.2) is 16.6 Å². The van der Waals surface area contributed by atoms with Gasteiger partial charge in [0.05, 0.1) is 6.54 Å². The molecule has 23 heavy (non-hydrogen) atoms. The Labute approximate surface area is 143 Å². The molecule has 1 aliphatic rings. The molecule has 0 aliphatic carbocycles. The number of hydrogen-bond acceptors (Lipinski definition) is 7. The van der Waals surface area contributed by atoms with Gasteiger partial charge in [0.25, 0.3) is 0 Å². The van der Waals surface area contributed by atoms with Crippen molar-refractivity contribution in [1.29, 1.82) is 0 Å². The molecule has 0 radical (unpaired) electrons. The fourth-order valence-corrected chi connectivity index (χ4v) is 3.07. The summed E-state index contributed by atoms with van der Waals surface area (Å²) < 4.78 is 13.3. The number of benzene rings is 1. The quantitative estimate of drug-likeness (QED) is 0.637.